The smallest absolute Gasteiger partial charge is 0.231 e. The van der Waals surface area contributed by atoms with E-state index in [2.05, 4.69) is 11.4 Å². The maximum absolute atomic E-state index is 10.5. The van der Waals surface area contributed by atoms with Crippen LogP contribution in [-0.4, -0.2) is 30.7 Å². The summed E-state index contributed by atoms with van der Waals surface area (Å²) in [5.41, 5.74) is 7.49. The molecule has 1 aromatic rings. The van der Waals surface area contributed by atoms with Crippen molar-refractivity contribution in [3.05, 3.63) is 35.4 Å². The monoisotopic (exact) mass is 236 g/mol. The molecule has 0 saturated carbocycles. The van der Waals surface area contributed by atoms with Gasteiger partial charge in [0.2, 0.25) is 5.91 Å². The van der Waals surface area contributed by atoms with Gasteiger partial charge < -0.3 is 16.2 Å². The average molecular weight is 236 g/mol. The summed E-state index contributed by atoms with van der Waals surface area (Å²) in [6, 6.07) is 8.12. The van der Waals surface area contributed by atoms with Crippen LogP contribution in [0.25, 0.3) is 0 Å². The van der Waals surface area contributed by atoms with Crippen molar-refractivity contribution >= 4 is 5.91 Å². The molecule has 4 N–H and O–H groups in total. The highest BCUT2D eigenvalue weighted by atomic mass is 16.2. The highest BCUT2D eigenvalue weighted by Gasteiger charge is 2.01. The van der Waals surface area contributed by atoms with Crippen LogP contribution in [0.5, 0.6) is 0 Å². The van der Waals surface area contributed by atoms with Gasteiger partial charge in [-0.1, -0.05) is 24.3 Å². The molecular formula is C13H20N2O2. The molecule has 0 spiro atoms. The number of nitrogens with one attached hydrogen (secondary N) is 1. The Kier molecular flexibility index (Phi) is 6.29. The zero-order valence-corrected chi connectivity index (χ0v) is 9.98. The van der Waals surface area contributed by atoms with E-state index in [-0.39, 0.29) is 19.1 Å². The third-order valence-corrected chi connectivity index (χ3v) is 2.60. The van der Waals surface area contributed by atoms with Crippen LogP contribution in [0.3, 0.4) is 0 Å². The number of carbonyl (C=O) groups is 1. The van der Waals surface area contributed by atoms with Gasteiger partial charge >= 0.3 is 0 Å². The maximum atomic E-state index is 10.5. The Labute approximate surface area is 102 Å². The van der Waals surface area contributed by atoms with Gasteiger partial charge in [0.1, 0.15) is 0 Å². The number of hydrogen-bond acceptors (Lipinski definition) is 3. The summed E-state index contributed by atoms with van der Waals surface area (Å²) < 4.78 is 0. The second-order valence-electron chi connectivity index (χ2n) is 3.99. The molecular weight excluding hydrogens is 216 g/mol. The molecule has 94 valence electrons. The topological polar surface area (TPSA) is 75.4 Å². The first kappa shape index (κ1) is 13.7. The zero-order valence-electron chi connectivity index (χ0n) is 9.98. The highest BCUT2D eigenvalue weighted by molar-refractivity contribution is 5.75. The lowest BCUT2D eigenvalue weighted by Crippen LogP contribution is -2.29. The van der Waals surface area contributed by atoms with E-state index in [4.69, 9.17) is 10.8 Å². The number of aryl methyl sites for hydroxylation is 1. The number of carbonyl (C=O) groups excluding carboxylic acids is 1. The van der Waals surface area contributed by atoms with Crippen LogP contribution < -0.4 is 11.1 Å². The molecule has 0 radical (unpaired) electrons. The fraction of sp³-hybridized carbons (Fsp3) is 0.462. The van der Waals surface area contributed by atoms with Crippen LogP contribution in [-0.2, 0) is 17.6 Å². The summed E-state index contributed by atoms with van der Waals surface area (Å²) >= 11 is 0. The van der Waals surface area contributed by atoms with Crippen LogP contribution in [0, 0.1) is 0 Å². The number of amides is 1. The molecule has 4 heteroatoms. The van der Waals surface area contributed by atoms with Crippen molar-refractivity contribution in [2.45, 2.75) is 19.3 Å². The van der Waals surface area contributed by atoms with E-state index >= 15 is 0 Å². The predicted molar refractivity (Wildman–Crippen MR) is 67.6 cm³/mol. The molecule has 0 heterocycles. The average Bonchev–Trinajstić information content (AvgIpc) is 2.31. The lowest BCUT2D eigenvalue weighted by atomic mass is 10.0. The van der Waals surface area contributed by atoms with Crippen LogP contribution in [0.15, 0.2) is 24.3 Å². The van der Waals surface area contributed by atoms with Crippen molar-refractivity contribution in [1.82, 2.24) is 5.32 Å². The van der Waals surface area contributed by atoms with Crippen molar-refractivity contribution < 1.29 is 9.90 Å². The van der Waals surface area contributed by atoms with E-state index in [1.54, 1.807) is 0 Å². The van der Waals surface area contributed by atoms with Crippen molar-refractivity contribution in [1.29, 1.82) is 0 Å². The zero-order chi connectivity index (χ0) is 12.5. The van der Waals surface area contributed by atoms with Gasteiger partial charge in [-0.15, -0.1) is 0 Å². The van der Waals surface area contributed by atoms with Gasteiger partial charge in [0.15, 0.2) is 0 Å². The second kappa shape index (κ2) is 7.81. The minimum Gasteiger partial charge on any atom is -0.396 e. The summed E-state index contributed by atoms with van der Waals surface area (Å²) in [5.74, 6) is -0.328. The maximum Gasteiger partial charge on any atom is 0.231 e. The summed E-state index contributed by atoms with van der Waals surface area (Å²) in [4.78, 5) is 10.5. The van der Waals surface area contributed by atoms with E-state index in [0.29, 0.717) is 6.42 Å². The van der Waals surface area contributed by atoms with Gasteiger partial charge in [-0.3, -0.25) is 4.79 Å². The molecule has 0 aliphatic heterocycles. The number of benzene rings is 1. The molecule has 0 fully saturated rings. The number of primary amides is 1. The van der Waals surface area contributed by atoms with Gasteiger partial charge in [-0.05, 0) is 36.9 Å². The van der Waals surface area contributed by atoms with Gasteiger partial charge in [0, 0.05) is 6.61 Å². The molecule has 1 aromatic carbocycles. The van der Waals surface area contributed by atoms with Gasteiger partial charge in [0.25, 0.3) is 0 Å². The Bertz CT molecular complexity index is 353. The molecule has 0 aliphatic rings. The third-order valence-electron chi connectivity index (χ3n) is 2.60. The molecule has 0 aliphatic carbocycles. The van der Waals surface area contributed by atoms with Crippen molar-refractivity contribution in [2.75, 3.05) is 19.7 Å². The minimum atomic E-state index is -0.328. The predicted octanol–water partition coefficient (Wildman–Crippen LogP) is 0.229. The summed E-state index contributed by atoms with van der Waals surface area (Å²) in [6.45, 7) is 1.19. The quantitative estimate of drug-likeness (QED) is 0.566. The van der Waals surface area contributed by atoms with Crippen LogP contribution in [0.4, 0.5) is 0 Å². The second-order valence-corrected chi connectivity index (χ2v) is 3.99. The fourth-order valence-corrected chi connectivity index (χ4v) is 1.78. The number of aliphatic hydroxyl groups excluding tert-OH is 1. The number of hydrogen-bond donors (Lipinski definition) is 3. The van der Waals surface area contributed by atoms with E-state index in [1.807, 2.05) is 18.2 Å². The normalized spacial score (nSPS) is 10.4. The van der Waals surface area contributed by atoms with Gasteiger partial charge in [0.05, 0.1) is 6.54 Å². The largest absolute Gasteiger partial charge is 0.396 e. The standard InChI is InChI=1S/C13H20N2O2/c14-13(17)10-15-8-3-6-11-4-1-2-5-12(11)7-9-16/h1-2,4-5,15-16H,3,6-10H2,(H2,14,17). The third kappa shape index (κ3) is 5.47. The van der Waals surface area contributed by atoms with Crippen LogP contribution in [0.2, 0.25) is 0 Å². The van der Waals surface area contributed by atoms with E-state index < -0.39 is 0 Å². The molecule has 1 amide bonds. The summed E-state index contributed by atoms with van der Waals surface area (Å²) in [7, 11) is 0. The molecule has 0 aromatic heterocycles. The number of rotatable bonds is 8. The summed E-state index contributed by atoms with van der Waals surface area (Å²) in [5, 5.41) is 11.9. The van der Waals surface area contributed by atoms with Crippen LogP contribution >= 0.6 is 0 Å². The summed E-state index contributed by atoms with van der Waals surface area (Å²) in [6.07, 6.45) is 2.60. The van der Waals surface area contributed by atoms with E-state index in [0.717, 1.165) is 19.4 Å². The molecule has 17 heavy (non-hydrogen) atoms. The first-order chi connectivity index (χ1) is 8.24. The lowest BCUT2D eigenvalue weighted by molar-refractivity contribution is -0.117. The molecule has 0 bridgehead atoms. The van der Waals surface area contributed by atoms with Gasteiger partial charge in [-0.25, -0.2) is 0 Å². The fourth-order valence-electron chi connectivity index (χ4n) is 1.78. The Morgan fingerprint density at radius 2 is 1.88 bits per heavy atom. The van der Waals surface area contributed by atoms with E-state index in [1.165, 1.54) is 11.1 Å². The minimum absolute atomic E-state index is 0.178. The number of nitrogens with two attached hydrogens (primary N) is 1. The number of aliphatic hydroxyl groups is 1. The van der Waals surface area contributed by atoms with Crippen LogP contribution in [0.1, 0.15) is 17.5 Å². The Balaban J connectivity index is 2.33. The Hall–Kier alpha value is -1.39. The van der Waals surface area contributed by atoms with Crippen molar-refractivity contribution in [2.24, 2.45) is 5.73 Å². The van der Waals surface area contributed by atoms with Crippen molar-refractivity contribution in [3.63, 3.8) is 0 Å². The molecule has 0 saturated heterocycles. The molecule has 1 rings (SSSR count). The molecule has 4 nitrogen and oxygen atoms in total. The molecule has 0 atom stereocenters. The Morgan fingerprint density at radius 3 is 2.47 bits per heavy atom. The van der Waals surface area contributed by atoms with Gasteiger partial charge in [-0.2, -0.15) is 0 Å². The first-order valence-corrected chi connectivity index (χ1v) is 5.90. The molecule has 0 unspecified atom stereocenters. The first-order valence-electron chi connectivity index (χ1n) is 5.90. The van der Waals surface area contributed by atoms with Crippen molar-refractivity contribution in [3.8, 4) is 0 Å². The highest BCUT2D eigenvalue weighted by Crippen LogP contribution is 2.11. The van der Waals surface area contributed by atoms with E-state index in [9.17, 15) is 4.79 Å². The Morgan fingerprint density at radius 1 is 1.24 bits per heavy atom. The SMILES string of the molecule is NC(=O)CNCCCc1ccccc1CCO. The lowest BCUT2D eigenvalue weighted by Gasteiger charge is -2.08.